The quantitative estimate of drug-likeness (QED) is 0.670. The van der Waals surface area contributed by atoms with Crippen LogP contribution >= 0.6 is 0 Å². The van der Waals surface area contributed by atoms with E-state index < -0.39 is 22.2 Å². The zero-order valence-electron chi connectivity index (χ0n) is 16.1. The average molecular weight is 451 g/mol. The number of alkyl halides is 3. The van der Waals surface area contributed by atoms with Gasteiger partial charge in [-0.1, -0.05) is 6.07 Å². The van der Waals surface area contributed by atoms with E-state index in [4.69, 9.17) is 14.6 Å². The molecule has 2 aliphatic heterocycles. The van der Waals surface area contributed by atoms with Crippen LogP contribution in [0.3, 0.4) is 0 Å². The highest BCUT2D eigenvalue weighted by molar-refractivity contribution is 7.90. The van der Waals surface area contributed by atoms with Gasteiger partial charge in [0, 0.05) is 44.2 Å². The zero-order valence-corrected chi connectivity index (χ0v) is 16.9. The Morgan fingerprint density at radius 3 is 2.57 bits per heavy atom. The van der Waals surface area contributed by atoms with Crippen molar-refractivity contribution in [1.29, 1.82) is 0 Å². The first-order chi connectivity index (χ1) is 14.1. The minimum atomic E-state index is -5.08. The van der Waals surface area contributed by atoms with Gasteiger partial charge in [0.25, 0.3) is 0 Å². The van der Waals surface area contributed by atoms with Crippen molar-refractivity contribution in [3.63, 3.8) is 0 Å². The Balaban J connectivity index is 0.000000318. The van der Waals surface area contributed by atoms with Crippen molar-refractivity contribution < 1.29 is 36.2 Å². The number of ether oxygens (including phenoxy) is 1. The number of aromatic nitrogens is 1. The number of sulfonamides is 1. The summed E-state index contributed by atoms with van der Waals surface area (Å²) in [5.74, 6) is -2.06. The first kappa shape index (κ1) is 22.9. The Morgan fingerprint density at radius 2 is 2.00 bits per heavy atom. The van der Waals surface area contributed by atoms with Gasteiger partial charge < -0.3 is 9.84 Å². The summed E-state index contributed by atoms with van der Waals surface area (Å²) in [6, 6.07) is 5.97. The number of halogens is 3. The monoisotopic (exact) mass is 451 g/mol. The molecule has 3 heterocycles. The van der Waals surface area contributed by atoms with E-state index in [1.165, 1.54) is 0 Å². The second-order valence-electron chi connectivity index (χ2n) is 7.71. The lowest BCUT2D eigenvalue weighted by atomic mass is 9.93. The third-order valence-electron chi connectivity index (χ3n) is 5.38. The smallest absolute Gasteiger partial charge is 0.475 e. The summed E-state index contributed by atoms with van der Waals surface area (Å²) in [6.07, 6.45) is -1.42. The second-order valence-corrected chi connectivity index (χ2v) is 9.75. The lowest BCUT2D eigenvalue weighted by molar-refractivity contribution is -0.192. The van der Waals surface area contributed by atoms with Crippen LogP contribution in [-0.4, -0.2) is 73.1 Å². The lowest BCUT2D eigenvalue weighted by Crippen LogP contribution is -2.35. The first-order valence-corrected chi connectivity index (χ1v) is 11.1. The fraction of sp³-hybridized carbons (Fsp3) is 0.667. The highest BCUT2D eigenvalue weighted by Gasteiger charge is 2.44. The average Bonchev–Trinajstić information content (AvgIpc) is 3.37. The first-order valence-electron chi connectivity index (χ1n) is 9.58. The molecule has 0 bridgehead atoms. The van der Waals surface area contributed by atoms with Crippen LogP contribution < -0.4 is 4.72 Å². The van der Waals surface area contributed by atoms with E-state index >= 15 is 0 Å². The van der Waals surface area contributed by atoms with Crippen molar-refractivity contribution in [2.45, 2.75) is 36.9 Å². The van der Waals surface area contributed by atoms with Crippen LogP contribution in [0.4, 0.5) is 13.2 Å². The van der Waals surface area contributed by atoms with E-state index in [-0.39, 0.29) is 17.3 Å². The van der Waals surface area contributed by atoms with Gasteiger partial charge in [-0.15, -0.1) is 0 Å². The Hall–Kier alpha value is -1.76. The maximum atomic E-state index is 12.0. The molecule has 3 fully saturated rings. The minimum Gasteiger partial charge on any atom is -0.475 e. The molecule has 1 saturated carbocycles. The van der Waals surface area contributed by atoms with Gasteiger partial charge in [-0.2, -0.15) is 13.2 Å². The summed E-state index contributed by atoms with van der Waals surface area (Å²) in [4.78, 5) is 15.6. The number of rotatable bonds is 6. The number of aliphatic carboxylic acids is 1. The number of nitrogens with zero attached hydrogens (tertiary/aromatic N) is 2. The van der Waals surface area contributed by atoms with Crippen LogP contribution in [0.1, 0.15) is 18.5 Å². The van der Waals surface area contributed by atoms with E-state index in [2.05, 4.69) is 14.6 Å². The van der Waals surface area contributed by atoms with Crippen LogP contribution in [0.5, 0.6) is 0 Å². The maximum absolute atomic E-state index is 12.0. The SMILES string of the molecule is O=C(O)C(F)(F)F.O=S(=O)(NC[C@H]1CO[C@@H]2CN(Cc3ccccn3)C[C@H]12)C1CC1. The molecule has 3 atom stereocenters. The fourth-order valence-electron chi connectivity index (χ4n) is 3.66. The van der Waals surface area contributed by atoms with Crippen molar-refractivity contribution in [1.82, 2.24) is 14.6 Å². The highest BCUT2D eigenvalue weighted by Crippen LogP contribution is 2.34. The van der Waals surface area contributed by atoms with Crippen LogP contribution in [0.15, 0.2) is 24.4 Å². The molecule has 168 valence electrons. The number of fused-ring (bicyclic) bond motifs is 1. The third kappa shape index (κ3) is 6.13. The molecule has 0 spiro atoms. The van der Waals surface area contributed by atoms with Gasteiger partial charge >= 0.3 is 12.1 Å². The number of nitrogens with one attached hydrogen (secondary N) is 1. The van der Waals surface area contributed by atoms with E-state index in [0.29, 0.717) is 19.1 Å². The number of pyridine rings is 1. The highest BCUT2D eigenvalue weighted by atomic mass is 32.2. The van der Waals surface area contributed by atoms with E-state index in [0.717, 1.165) is 38.2 Å². The van der Waals surface area contributed by atoms with Crippen LogP contribution in [0.25, 0.3) is 0 Å². The van der Waals surface area contributed by atoms with E-state index in [1.54, 1.807) is 0 Å². The largest absolute Gasteiger partial charge is 0.490 e. The summed E-state index contributed by atoms with van der Waals surface area (Å²) < 4.78 is 64.4. The topological polar surface area (TPSA) is 109 Å². The molecule has 0 aromatic carbocycles. The fourth-order valence-corrected chi connectivity index (χ4v) is 5.10. The molecular formula is C18H24F3N3O5S. The van der Waals surface area contributed by atoms with Gasteiger partial charge in [0.15, 0.2) is 0 Å². The Kier molecular flexibility index (Phi) is 7.00. The molecule has 8 nitrogen and oxygen atoms in total. The number of hydrogen-bond acceptors (Lipinski definition) is 6. The molecule has 30 heavy (non-hydrogen) atoms. The Bertz CT molecular complexity index is 833. The molecule has 2 saturated heterocycles. The lowest BCUT2D eigenvalue weighted by Gasteiger charge is -2.19. The maximum Gasteiger partial charge on any atom is 0.490 e. The predicted octanol–water partition coefficient (Wildman–Crippen LogP) is 1.24. The van der Waals surface area contributed by atoms with Gasteiger partial charge in [0.05, 0.1) is 23.7 Å². The van der Waals surface area contributed by atoms with Crippen LogP contribution in [-0.2, 0) is 26.1 Å². The molecule has 12 heteroatoms. The molecule has 1 aromatic rings. The predicted molar refractivity (Wildman–Crippen MR) is 99.9 cm³/mol. The molecule has 1 aliphatic carbocycles. The van der Waals surface area contributed by atoms with Gasteiger partial charge in [0.1, 0.15) is 0 Å². The van der Waals surface area contributed by atoms with Crippen molar-refractivity contribution in [2.24, 2.45) is 11.8 Å². The Morgan fingerprint density at radius 1 is 1.30 bits per heavy atom. The molecule has 4 rings (SSSR count). The van der Waals surface area contributed by atoms with Crippen molar-refractivity contribution >= 4 is 16.0 Å². The number of carboxylic acid groups (broad SMARTS) is 1. The molecule has 0 radical (unpaired) electrons. The van der Waals surface area contributed by atoms with Gasteiger partial charge in [-0.05, 0) is 25.0 Å². The molecule has 2 N–H and O–H groups in total. The third-order valence-corrected chi connectivity index (χ3v) is 7.30. The van der Waals surface area contributed by atoms with E-state index in [9.17, 15) is 21.6 Å². The molecule has 0 amide bonds. The number of carboxylic acids is 1. The molecular weight excluding hydrogens is 427 g/mol. The second kappa shape index (κ2) is 9.16. The number of carbonyl (C=O) groups is 1. The summed E-state index contributed by atoms with van der Waals surface area (Å²) >= 11 is 0. The minimum absolute atomic E-state index is 0.148. The molecule has 1 aromatic heterocycles. The van der Waals surface area contributed by atoms with Crippen molar-refractivity contribution in [2.75, 3.05) is 26.2 Å². The summed E-state index contributed by atoms with van der Waals surface area (Å²) in [6.45, 7) is 3.87. The molecule has 3 aliphatic rings. The normalized spacial score (nSPS) is 26.7. The van der Waals surface area contributed by atoms with Crippen LogP contribution in [0, 0.1) is 11.8 Å². The summed E-state index contributed by atoms with van der Waals surface area (Å²) in [7, 11) is -3.09. The summed E-state index contributed by atoms with van der Waals surface area (Å²) in [5, 5.41) is 6.98. The van der Waals surface area contributed by atoms with E-state index in [1.807, 2.05) is 24.4 Å². The number of likely N-dealkylation sites (tertiary alicyclic amines) is 1. The van der Waals surface area contributed by atoms with Crippen molar-refractivity contribution in [3.8, 4) is 0 Å². The molecule has 0 unspecified atom stereocenters. The van der Waals surface area contributed by atoms with Gasteiger partial charge in [-0.25, -0.2) is 17.9 Å². The standard InChI is InChI=1S/C16H23N3O3S.C2HF3O2/c20-23(21,14-4-5-14)18-7-12-11-22-16-10-19(9-15(12)16)8-13-3-1-2-6-17-13;3-2(4,5)1(6)7/h1-3,6,12,14-16,18H,4-5,7-11H2;(H,6,7)/t12-,15+,16+;/m0./s1. The van der Waals surface area contributed by atoms with Crippen LogP contribution in [0.2, 0.25) is 0 Å². The zero-order chi connectivity index (χ0) is 21.9. The van der Waals surface area contributed by atoms with Gasteiger partial charge in [-0.3, -0.25) is 9.88 Å². The number of hydrogen-bond donors (Lipinski definition) is 2. The summed E-state index contributed by atoms with van der Waals surface area (Å²) in [5.41, 5.74) is 1.07. The van der Waals surface area contributed by atoms with Gasteiger partial charge in [0.2, 0.25) is 10.0 Å². The Labute approximate surface area is 172 Å². The van der Waals surface area contributed by atoms with Crippen molar-refractivity contribution in [3.05, 3.63) is 30.1 Å².